The zero-order valence-electron chi connectivity index (χ0n) is 14.8. The predicted molar refractivity (Wildman–Crippen MR) is 107 cm³/mol. The standard InChI is InChI=1S/C21H24N2O2S/c24-20(22-14-6-9-17-7-2-1-3-8-17)12-13-21(25)23-15-16-26-19-11-5-4-10-18(19)23/h1-5,7-8,10-11H,6,9,12-16H2,(H,22,24). The van der Waals surface area contributed by atoms with Crippen LogP contribution >= 0.6 is 11.8 Å². The summed E-state index contributed by atoms with van der Waals surface area (Å²) in [5.41, 5.74) is 2.25. The first kappa shape index (κ1) is 18.5. The first-order valence-corrected chi connectivity index (χ1v) is 10.1. The number of carbonyl (C=O) groups is 2. The minimum absolute atomic E-state index is 0.0252. The number of hydrogen-bond donors (Lipinski definition) is 1. The van der Waals surface area contributed by atoms with Crippen LogP contribution in [0, 0.1) is 0 Å². The van der Waals surface area contributed by atoms with E-state index in [1.54, 1.807) is 11.8 Å². The van der Waals surface area contributed by atoms with E-state index < -0.39 is 0 Å². The quantitative estimate of drug-likeness (QED) is 0.759. The van der Waals surface area contributed by atoms with Crippen molar-refractivity contribution in [3.63, 3.8) is 0 Å². The van der Waals surface area contributed by atoms with Crippen molar-refractivity contribution in [3.8, 4) is 0 Å². The molecule has 2 amide bonds. The van der Waals surface area contributed by atoms with E-state index in [0.29, 0.717) is 13.1 Å². The van der Waals surface area contributed by atoms with Crippen molar-refractivity contribution < 1.29 is 9.59 Å². The second kappa shape index (κ2) is 9.43. The van der Waals surface area contributed by atoms with E-state index in [2.05, 4.69) is 17.4 Å². The summed E-state index contributed by atoms with van der Waals surface area (Å²) in [4.78, 5) is 27.5. The molecule has 2 aromatic rings. The summed E-state index contributed by atoms with van der Waals surface area (Å²) in [6.07, 6.45) is 2.35. The molecule has 1 aliphatic rings. The first-order chi connectivity index (χ1) is 12.7. The van der Waals surface area contributed by atoms with Crippen LogP contribution in [0.2, 0.25) is 0 Å². The first-order valence-electron chi connectivity index (χ1n) is 9.07. The number of amides is 2. The molecule has 4 nitrogen and oxygen atoms in total. The molecule has 1 aliphatic heterocycles. The fraction of sp³-hybridized carbons (Fsp3) is 0.333. The maximum atomic E-state index is 12.5. The molecule has 5 heteroatoms. The molecule has 26 heavy (non-hydrogen) atoms. The molecule has 0 atom stereocenters. The molecule has 0 aliphatic carbocycles. The van der Waals surface area contributed by atoms with Crippen LogP contribution in [0.25, 0.3) is 0 Å². The van der Waals surface area contributed by atoms with Gasteiger partial charge < -0.3 is 10.2 Å². The van der Waals surface area contributed by atoms with Crippen LogP contribution in [0.4, 0.5) is 5.69 Å². The average molecular weight is 369 g/mol. The van der Waals surface area contributed by atoms with Gasteiger partial charge in [0, 0.05) is 36.6 Å². The lowest BCUT2D eigenvalue weighted by molar-refractivity contribution is -0.125. The number of anilines is 1. The van der Waals surface area contributed by atoms with Gasteiger partial charge in [-0.3, -0.25) is 9.59 Å². The van der Waals surface area contributed by atoms with E-state index in [1.165, 1.54) is 5.56 Å². The number of nitrogens with zero attached hydrogens (tertiary/aromatic N) is 1. The van der Waals surface area contributed by atoms with Gasteiger partial charge in [0.15, 0.2) is 0 Å². The third-order valence-corrected chi connectivity index (χ3v) is 5.45. The third-order valence-electron chi connectivity index (χ3n) is 4.40. The lowest BCUT2D eigenvalue weighted by Gasteiger charge is -2.29. The molecular weight excluding hydrogens is 344 g/mol. The number of rotatable bonds is 7. The monoisotopic (exact) mass is 368 g/mol. The van der Waals surface area contributed by atoms with Crippen LogP contribution < -0.4 is 10.2 Å². The van der Waals surface area contributed by atoms with Gasteiger partial charge in [0.25, 0.3) is 0 Å². The molecule has 0 saturated carbocycles. The van der Waals surface area contributed by atoms with Gasteiger partial charge in [-0.1, -0.05) is 42.5 Å². The number of aryl methyl sites for hydroxylation is 1. The summed E-state index contributed by atoms with van der Waals surface area (Å²) in [6, 6.07) is 18.2. The normalized spacial score (nSPS) is 13.2. The molecule has 0 unspecified atom stereocenters. The van der Waals surface area contributed by atoms with Gasteiger partial charge in [0.05, 0.1) is 5.69 Å². The lowest BCUT2D eigenvalue weighted by Crippen LogP contribution is -2.36. The molecule has 0 bridgehead atoms. The van der Waals surface area contributed by atoms with E-state index in [4.69, 9.17) is 0 Å². The maximum Gasteiger partial charge on any atom is 0.227 e. The second-order valence-corrected chi connectivity index (χ2v) is 7.44. The summed E-state index contributed by atoms with van der Waals surface area (Å²) >= 11 is 1.77. The number of hydrogen-bond acceptors (Lipinski definition) is 3. The summed E-state index contributed by atoms with van der Waals surface area (Å²) in [5, 5.41) is 2.92. The smallest absolute Gasteiger partial charge is 0.227 e. The number of benzene rings is 2. The van der Waals surface area contributed by atoms with Crippen LogP contribution in [0.5, 0.6) is 0 Å². The Labute approximate surface area is 159 Å². The van der Waals surface area contributed by atoms with Crippen molar-refractivity contribution in [1.82, 2.24) is 5.32 Å². The number of fused-ring (bicyclic) bond motifs is 1. The van der Waals surface area contributed by atoms with Crippen molar-refractivity contribution >= 4 is 29.3 Å². The molecule has 1 N–H and O–H groups in total. The Hall–Kier alpha value is -2.27. The largest absolute Gasteiger partial charge is 0.356 e. The predicted octanol–water partition coefficient (Wildman–Crippen LogP) is 3.65. The van der Waals surface area contributed by atoms with Gasteiger partial charge in [0.1, 0.15) is 0 Å². The minimum Gasteiger partial charge on any atom is -0.356 e. The summed E-state index contributed by atoms with van der Waals surface area (Å²) in [5.74, 6) is 0.873. The zero-order chi connectivity index (χ0) is 18.2. The van der Waals surface area contributed by atoms with Crippen molar-refractivity contribution in [2.24, 2.45) is 0 Å². The van der Waals surface area contributed by atoms with E-state index in [1.807, 2.05) is 47.4 Å². The number of carbonyl (C=O) groups excluding carboxylic acids is 2. The highest BCUT2D eigenvalue weighted by Gasteiger charge is 2.22. The van der Waals surface area contributed by atoms with Gasteiger partial charge in [-0.25, -0.2) is 0 Å². The van der Waals surface area contributed by atoms with Gasteiger partial charge in [-0.2, -0.15) is 0 Å². The highest BCUT2D eigenvalue weighted by molar-refractivity contribution is 7.99. The molecule has 0 saturated heterocycles. The van der Waals surface area contributed by atoms with Crippen LogP contribution in [0.15, 0.2) is 59.5 Å². The van der Waals surface area contributed by atoms with Crippen molar-refractivity contribution in [3.05, 3.63) is 60.2 Å². The highest BCUT2D eigenvalue weighted by atomic mass is 32.2. The molecule has 0 aromatic heterocycles. The number of para-hydroxylation sites is 1. The average Bonchev–Trinajstić information content (AvgIpc) is 2.70. The molecule has 0 fully saturated rings. The van der Waals surface area contributed by atoms with E-state index in [0.717, 1.165) is 29.2 Å². The van der Waals surface area contributed by atoms with Crippen molar-refractivity contribution in [2.75, 3.05) is 23.7 Å². The molecule has 2 aromatic carbocycles. The SMILES string of the molecule is O=C(CCC(=O)N1CCSc2ccccc21)NCCCc1ccccc1. The Balaban J connectivity index is 1.39. The van der Waals surface area contributed by atoms with E-state index in [9.17, 15) is 9.59 Å². The van der Waals surface area contributed by atoms with Crippen LogP contribution in [-0.2, 0) is 16.0 Å². The number of thioether (sulfide) groups is 1. The summed E-state index contributed by atoms with van der Waals surface area (Å²) in [7, 11) is 0. The highest BCUT2D eigenvalue weighted by Crippen LogP contribution is 2.34. The second-order valence-electron chi connectivity index (χ2n) is 6.30. The Morgan fingerprint density at radius 2 is 1.77 bits per heavy atom. The molecule has 0 radical (unpaired) electrons. The molecule has 136 valence electrons. The summed E-state index contributed by atoms with van der Waals surface area (Å²) < 4.78 is 0. The minimum atomic E-state index is -0.0499. The molecule has 0 spiro atoms. The number of nitrogens with one attached hydrogen (secondary N) is 1. The fourth-order valence-corrected chi connectivity index (χ4v) is 4.03. The molecule has 1 heterocycles. The van der Waals surface area contributed by atoms with Crippen molar-refractivity contribution in [2.45, 2.75) is 30.6 Å². The van der Waals surface area contributed by atoms with Crippen LogP contribution in [0.3, 0.4) is 0 Å². The third kappa shape index (κ3) is 5.11. The lowest BCUT2D eigenvalue weighted by atomic mass is 10.1. The van der Waals surface area contributed by atoms with Gasteiger partial charge in [0.2, 0.25) is 11.8 Å². The Morgan fingerprint density at radius 3 is 2.62 bits per heavy atom. The van der Waals surface area contributed by atoms with Crippen LogP contribution in [0.1, 0.15) is 24.8 Å². The van der Waals surface area contributed by atoms with Crippen LogP contribution in [-0.4, -0.2) is 30.7 Å². The van der Waals surface area contributed by atoms with Gasteiger partial charge >= 0.3 is 0 Å². The topological polar surface area (TPSA) is 49.4 Å². The fourth-order valence-electron chi connectivity index (χ4n) is 3.04. The molecule has 3 rings (SSSR count). The zero-order valence-corrected chi connectivity index (χ0v) is 15.6. The summed E-state index contributed by atoms with van der Waals surface area (Å²) in [6.45, 7) is 1.35. The van der Waals surface area contributed by atoms with E-state index >= 15 is 0 Å². The maximum absolute atomic E-state index is 12.5. The van der Waals surface area contributed by atoms with Gasteiger partial charge in [-0.05, 0) is 30.5 Å². The van der Waals surface area contributed by atoms with E-state index in [-0.39, 0.29) is 24.7 Å². The molecular formula is C21H24N2O2S. The Kier molecular flexibility index (Phi) is 6.72. The Bertz CT molecular complexity index is 749. The Morgan fingerprint density at radius 1 is 1.00 bits per heavy atom. The van der Waals surface area contributed by atoms with Gasteiger partial charge in [-0.15, -0.1) is 11.8 Å². The van der Waals surface area contributed by atoms with Crippen molar-refractivity contribution in [1.29, 1.82) is 0 Å².